The second kappa shape index (κ2) is 17.0. The molecule has 0 aliphatic heterocycles. The molecule has 0 fully saturated rings. The minimum atomic E-state index is 0.845. The first-order valence-corrected chi connectivity index (χ1v) is 9.59. The molecule has 0 bridgehead atoms. The fourth-order valence-electron chi connectivity index (χ4n) is 2.13. The molecule has 104 valence electrons. The van der Waals surface area contributed by atoms with Gasteiger partial charge in [0, 0.05) is 5.88 Å². The number of unbranched alkanes of at least 4 members (excludes halogenated alkanes) is 12. The Labute approximate surface area is 127 Å². The molecular weight excluding hydrogens is 343 g/mol. The third-order valence-electron chi connectivity index (χ3n) is 3.27. The van der Waals surface area contributed by atoms with Crippen LogP contribution in [0.2, 0.25) is 0 Å². The van der Waals surface area contributed by atoms with Gasteiger partial charge in [-0.2, -0.15) is 0 Å². The van der Waals surface area contributed by atoms with Crippen LogP contribution in [0.25, 0.3) is 0 Å². The summed E-state index contributed by atoms with van der Waals surface area (Å²) in [5.74, 6) is 0.845. The summed E-state index contributed by atoms with van der Waals surface area (Å²) in [6, 6.07) is 0. The minimum Gasteiger partial charge on any atom is -0.127 e. The van der Waals surface area contributed by atoms with Crippen LogP contribution in [-0.2, 0) is 0 Å². The molecule has 2 heteroatoms. The summed E-state index contributed by atoms with van der Waals surface area (Å²) in [6.45, 7) is 0. The van der Waals surface area contributed by atoms with Crippen molar-refractivity contribution in [1.82, 2.24) is 0 Å². The zero-order valence-corrected chi connectivity index (χ0v) is 14.3. The van der Waals surface area contributed by atoms with E-state index < -0.39 is 0 Å². The SMILES string of the molecule is ClCCCCCCCCCCCCCCCI. The van der Waals surface area contributed by atoms with Gasteiger partial charge in [0.25, 0.3) is 0 Å². The quantitative estimate of drug-likeness (QED) is 0.180. The normalized spacial score (nSPS) is 10.9. The maximum absolute atomic E-state index is 5.64. The van der Waals surface area contributed by atoms with E-state index >= 15 is 0 Å². The Bertz CT molecular complexity index is 114. The molecule has 0 aromatic rings. The molecule has 0 heterocycles. The highest BCUT2D eigenvalue weighted by atomic mass is 127. The Morgan fingerprint density at radius 3 is 1.06 bits per heavy atom. The number of halogens is 2. The number of hydrogen-bond acceptors (Lipinski definition) is 0. The van der Waals surface area contributed by atoms with Crippen LogP contribution in [0.1, 0.15) is 83.5 Å². The van der Waals surface area contributed by atoms with E-state index in [-0.39, 0.29) is 0 Å². The second-order valence-electron chi connectivity index (χ2n) is 4.97. The van der Waals surface area contributed by atoms with Crippen LogP contribution in [0.5, 0.6) is 0 Å². The lowest BCUT2D eigenvalue weighted by Crippen LogP contribution is -1.83. The van der Waals surface area contributed by atoms with Gasteiger partial charge >= 0.3 is 0 Å². The first-order valence-electron chi connectivity index (χ1n) is 7.53. The highest BCUT2D eigenvalue weighted by Crippen LogP contribution is 2.12. The fourth-order valence-corrected chi connectivity index (χ4v) is 2.86. The first-order chi connectivity index (χ1) is 8.41. The standard InChI is InChI=1S/C15H30ClI/c16-14-12-10-8-6-4-2-1-3-5-7-9-11-13-15-17/h1-15H2. The summed E-state index contributed by atoms with van der Waals surface area (Å²) in [5, 5.41) is 0. The Hall–Kier alpha value is 1.02. The Kier molecular flexibility index (Phi) is 18.0. The molecular formula is C15H30ClI. The van der Waals surface area contributed by atoms with Crippen molar-refractivity contribution in [2.24, 2.45) is 0 Å². The van der Waals surface area contributed by atoms with Crippen molar-refractivity contribution >= 4 is 34.2 Å². The molecule has 0 nitrogen and oxygen atoms in total. The molecule has 0 spiro atoms. The van der Waals surface area contributed by atoms with Crippen molar-refractivity contribution in [3.63, 3.8) is 0 Å². The molecule has 0 rings (SSSR count). The van der Waals surface area contributed by atoms with Crippen LogP contribution >= 0.6 is 34.2 Å². The second-order valence-corrected chi connectivity index (χ2v) is 6.43. The van der Waals surface area contributed by atoms with E-state index in [2.05, 4.69) is 22.6 Å². The molecule has 0 aliphatic carbocycles. The van der Waals surface area contributed by atoms with Crippen LogP contribution < -0.4 is 0 Å². The third kappa shape index (κ3) is 17.0. The van der Waals surface area contributed by atoms with Crippen LogP contribution in [0.4, 0.5) is 0 Å². The lowest BCUT2D eigenvalue weighted by molar-refractivity contribution is 0.543. The van der Waals surface area contributed by atoms with E-state index in [1.165, 1.54) is 87.9 Å². The highest BCUT2D eigenvalue weighted by molar-refractivity contribution is 14.1. The molecule has 0 atom stereocenters. The average Bonchev–Trinajstić information content (AvgIpc) is 2.35. The van der Waals surface area contributed by atoms with Crippen LogP contribution in [0, 0.1) is 0 Å². The van der Waals surface area contributed by atoms with Crippen molar-refractivity contribution < 1.29 is 0 Å². The molecule has 0 N–H and O–H groups in total. The molecule has 0 radical (unpaired) electrons. The van der Waals surface area contributed by atoms with Crippen LogP contribution in [0.15, 0.2) is 0 Å². The number of rotatable bonds is 14. The van der Waals surface area contributed by atoms with Crippen LogP contribution in [-0.4, -0.2) is 10.3 Å². The van der Waals surface area contributed by atoms with Crippen molar-refractivity contribution in [3.05, 3.63) is 0 Å². The van der Waals surface area contributed by atoms with Crippen molar-refractivity contribution in [2.45, 2.75) is 83.5 Å². The lowest BCUT2D eigenvalue weighted by atomic mass is 10.1. The van der Waals surface area contributed by atoms with Gasteiger partial charge in [-0.3, -0.25) is 0 Å². The fraction of sp³-hybridized carbons (Fsp3) is 1.00. The van der Waals surface area contributed by atoms with Gasteiger partial charge in [0.1, 0.15) is 0 Å². The van der Waals surface area contributed by atoms with Gasteiger partial charge in [-0.1, -0.05) is 93.2 Å². The number of hydrogen-bond donors (Lipinski definition) is 0. The summed E-state index contributed by atoms with van der Waals surface area (Å²) >= 11 is 8.12. The molecule has 0 aromatic heterocycles. The smallest absolute Gasteiger partial charge is 0.0223 e. The van der Waals surface area contributed by atoms with E-state index in [4.69, 9.17) is 11.6 Å². The van der Waals surface area contributed by atoms with Gasteiger partial charge in [-0.25, -0.2) is 0 Å². The monoisotopic (exact) mass is 372 g/mol. The van der Waals surface area contributed by atoms with E-state index in [1.54, 1.807) is 0 Å². The Morgan fingerprint density at radius 1 is 0.471 bits per heavy atom. The topological polar surface area (TPSA) is 0 Å². The summed E-state index contributed by atoms with van der Waals surface area (Å²) in [4.78, 5) is 0. The lowest BCUT2D eigenvalue weighted by Gasteiger charge is -2.02. The summed E-state index contributed by atoms with van der Waals surface area (Å²) in [6.07, 6.45) is 18.4. The first kappa shape index (κ1) is 18.0. The van der Waals surface area contributed by atoms with Crippen molar-refractivity contribution in [1.29, 1.82) is 0 Å². The van der Waals surface area contributed by atoms with Gasteiger partial charge in [-0.15, -0.1) is 11.6 Å². The van der Waals surface area contributed by atoms with Gasteiger partial charge in [0.05, 0.1) is 0 Å². The van der Waals surface area contributed by atoms with Crippen molar-refractivity contribution in [3.8, 4) is 0 Å². The molecule has 0 amide bonds. The molecule has 0 saturated heterocycles. The van der Waals surface area contributed by atoms with Gasteiger partial charge in [0.15, 0.2) is 0 Å². The van der Waals surface area contributed by atoms with Crippen molar-refractivity contribution in [2.75, 3.05) is 10.3 Å². The highest BCUT2D eigenvalue weighted by Gasteiger charge is 1.93. The average molecular weight is 373 g/mol. The summed E-state index contributed by atoms with van der Waals surface area (Å²) in [5.41, 5.74) is 0. The van der Waals surface area contributed by atoms with Gasteiger partial charge in [0.2, 0.25) is 0 Å². The van der Waals surface area contributed by atoms with E-state index in [0.717, 1.165) is 5.88 Å². The van der Waals surface area contributed by atoms with E-state index in [0.29, 0.717) is 0 Å². The van der Waals surface area contributed by atoms with E-state index in [9.17, 15) is 0 Å². The third-order valence-corrected chi connectivity index (χ3v) is 4.30. The summed E-state index contributed by atoms with van der Waals surface area (Å²) < 4.78 is 1.33. The molecule has 0 saturated carbocycles. The summed E-state index contributed by atoms with van der Waals surface area (Å²) in [7, 11) is 0. The van der Waals surface area contributed by atoms with E-state index in [1.807, 2.05) is 0 Å². The Balaban J connectivity index is 2.85. The number of alkyl halides is 2. The minimum absolute atomic E-state index is 0.845. The predicted octanol–water partition coefficient (Wildman–Crippen LogP) is 6.73. The molecule has 0 unspecified atom stereocenters. The predicted molar refractivity (Wildman–Crippen MR) is 89.6 cm³/mol. The zero-order valence-electron chi connectivity index (χ0n) is 11.4. The van der Waals surface area contributed by atoms with Gasteiger partial charge < -0.3 is 0 Å². The largest absolute Gasteiger partial charge is 0.127 e. The molecule has 17 heavy (non-hydrogen) atoms. The van der Waals surface area contributed by atoms with Gasteiger partial charge in [-0.05, 0) is 17.3 Å². The molecule has 0 aliphatic rings. The zero-order chi connectivity index (χ0) is 12.6. The Morgan fingerprint density at radius 2 is 0.765 bits per heavy atom. The molecule has 0 aromatic carbocycles. The maximum atomic E-state index is 5.64. The maximum Gasteiger partial charge on any atom is 0.0223 e. The van der Waals surface area contributed by atoms with Crippen LogP contribution in [0.3, 0.4) is 0 Å².